The summed E-state index contributed by atoms with van der Waals surface area (Å²) in [6.45, 7) is 1.39. The van der Waals surface area contributed by atoms with E-state index in [-0.39, 0.29) is 18.6 Å². The van der Waals surface area contributed by atoms with Crippen LogP contribution >= 0.6 is 0 Å². The van der Waals surface area contributed by atoms with Crippen LogP contribution in [0.3, 0.4) is 0 Å². The topological polar surface area (TPSA) is 47.6 Å². The highest BCUT2D eigenvalue weighted by Crippen LogP contribution is 2.21. The van der Waals surface area contributed by atoms with E-state index >= 15 is 0 Å². The average molecular weight is 325 g/mol. The lowest BCUT2D eigenvalue weighted by Gasteiger charge is -2.13. The summed E-state index contributed by atoms with van der Waals surface area (Å²) < 4.78 is 11.2. The number of hydrogen-bond donors (Lipinski definition) is 1. The zero-order valence-electron chi connectivity index (χ0n) is 13.7. The highest BCUT2D eigenvalue weighted by atomic mass is 16.5. The Labute approximate surface area is 142 Å². The van der Waals surface area contributed by atoms with Gasteiger partial charge in [-0.3, -0.25) is 4.79 Å². The third kappa shape index (κ3) is 4.83. The fourth-order valence-electron chi connectivity index (χ4n) is 2.83. The third-order valence-corrected chi connectivity index (χ3v) is 4.12. The van der Waals surface area contributed by atoms with Crippen LogP contribution in [-0.2, 0) is 16.0 Å². The summed E-state index contributed by atoms with van der Waals surface area (Å²) in [6, 6.07) is 18.1. The fourth-order valence-corrected chi connectivity index (χ4v) is 2.83. The molecule has 1 heterocycles. The summed E-state index contributed by atoms with van der Waals surface area (Å²) in [4.78, 5) is 12.0. The van der Waals surface area contributed by atoms with Gasteiger partial charge in [0.25, 0.3) is 5.91 Å². The van der Waals surface area contributed by atoms with Crippen molar-refractivity contribution in [1.29, 1.82) is 0 Å². The molecule has 4 heteroatoms. The van der Waals surface area contributed by atoms with E-state index < -0.39 is 0 Å². The van der Waals surface area contributed by atoms with E-state index in [1.807, 2.05) is 42.5 Å². The van der Waals surface area contributed by atoms with Crippen molar-refractivity contribution in [1.82, 2.24) is 5.32 Å². The van der Waals surface area contributed by atoms with E-state index in [9.17, 15) is 4.79 Å². The molecule has 4 nitrogen and oxygen atoms in total. The number of carbonyl (C=O) groups excluding carboxylic acids is 1. The number of rotatable bonds is 7. The van der Waals surface area contributed by atoms with E-state index in [1.165, 1.54) is 5.56 Å². The van der Waals surface area contributed by atoms with Crippen LogP contribution < -0.4 is 10.1 Å². The second kappa shape index (κ2) is 8.50. The van der Waals surface area contributed by atoms with Gasteiger partial charge in [0.05, 0.1) is 6.10 Å². The van der Waals surface area contributed by atoms with Gasteiger partial charge in [0.15, 0.2) is 6.61 Å². The molecule has 0 saturated carbocycles. The Hall–Kier alpha value is -2.33. The van der Waals surface area contributed by atoms with Gasteiger partial charge in [0, 0.05) is 19.6 Å². The minimum absolute atomic E-state index is 0.0263. The van der Waals surface area contributed by atoms with Crippen molar-refractivity contribution >= 4 is 5.91 Å². The smallest absolute Gasteiger partial charge is 0.258 e. The molecule has 1 fully saturated rings. The quantitative estimate of drug-likeness (QED) is 0.851. The minimum Gasteiger partial charge on any atom is -0.483 e. The van der Waals surface area contributed by atoms with Gasteiger partial charge < -0.3 is 14.8 Å². The number of nitrogens with one attached hydrogen (secondary N) is 1. The molecule has 0 unspecified atom stereocenters. The Balaban J connectivity index is 1.52. The van der Waals surface area contributed by atoms with Gasteiger partial charge in [-0.1, -0.05) is 48.5 Å². The Kier molecular flexibility index (Phi) is 5.85. The monoisotopic (exact) mass is 325 g/mol. The van der Waals surface area contributed by atoms with E-state index in [1.54, 1.807) is 0 Å². The molecule has 2 aromatic carbocycles. The number of benzene rings is 2. The molecule has 0 spiro atoms. The zero-order chi connectivity index (χ0) is 16.6. The highest BCUT2D eigenvalue weighted by molar-refractivity contribution is 5.77. The molecule has 0 aliphatic carbocycles. The van der Waals surface area contributed by atoms with Gasteiger partial charge in [-0.2, -0.15) is 0 Å². The first-order valence-corrected chi connectivity index (χ1v) is 8.44. The number of amides is 1. The first kappa shape index (κ1) is 16.5. The normalized spacial score (nSPS) is 16.8. The summed E-state index contributed by atoms with van der Waals surface area (Å²) in [5, 5.41) is 2.88. The van der Waals surface area contributed by atoms with Gasteiger partial charge in [0.1, 0.15) is 5.75 Å². The SMILES string of the molecule is O=C(COc1ccccc1Cc1ccccc1)NC[C@@H]1CCCO1. The Morgan fingerprint density at radius 3 is 2.71 bits per heavy atom. The Morgan fingerprint density at radius 1 is 1.12 bits per heavy atom. The van der Waals surface area contributed by atoms with Crippen LogP contribution in [0.25, 0.3) is 0 Å². The number of carbonyl (C=O) groups is 1. The molecule has 1 aliphatic heterocycles. The van der Waals surface area contributed by atoms with Crippen LogP contribution in [0.1, 0.15) is 24.0 Å². The van der Waals surface area contributed by atoms with Crippen molar-refractivity contribution in [3.8, 4) is 5.75 Å². The van der Waals surface area contributed by atoms with Gasteiger partial charge >= 0.3 is 0 Å². The van der Waals surface area contributed by atoms with Crippen molar-refractivity contribution in [2.75, 3.05) is 19.8 Å². The number of para-hydroxylation sites is 1. The van der Waals surface area contributed by atoms with E-state index in [4.69, 9.17) is 9.47 Å². The summed E-state index contributed by atoms with van der Waals surface area (Å²) in [6.07, 6.45) is 3.03. The summed E-state index contributed by atoms with van der Waals surface area (Å²) in [5.74, 6) is 0.647. The summed E-state index contributed by atoms with van der Waals surface area (Å²) >= 11 is 0. The molecule has 0 radical (unpaired) electrons. The Bertz CT molecular complexity index is 651. The summed E-state index contributed by atoms with van der Waals surface area (Å²) in [7, 11) is 0. The van der Waals surface area contributed by atoms with Crippen LogP contribution in [-0.4, -0.2) is 31.8 Å². The molecule has 3 rings (SSSR count). The lowest BCUT2D eigenvalue weighted by Crippen LogP contribution is -2.35. The van der Waals surface area contributed by atoms with E-state index in [0.717, 1.165) is 37.2 Å². The highest BCUT2D eigenvalue weighted by Gasteiger charge is 2.16. The lowest BCUT2D eigenvalue weighted by molar-refractivity contribution is -0.123. The zero-order valence-corrected chi connectivity index (χ0v) is 13.7. The van der Waals surface area contributed by atoms with Crippen LogP contribution in [0.5, 0.6) is 5.75 Å². The maximum absolute atomic E-state index is 12.0. The van der Waals surface area contributed by atoms with Crippen LogP contribution in [0, 0.1) is 0 Å². The molecule has 1 aliphatic rings. The standard InChI is InChI=1S/C20H23NO3/c22-20(21-14-18-10-6-12-23-18)15-24-19-11-5-4-9-17(19)13-16-7-2-1-3-8-16/h1-5,7-9,11,18H,6,10,12-15H2,(H,21,22)/t18-/m0/s1. The maximum Gasteiger partial charge on any atom is 0.258 e. The molecular weight excluding hydrogens is 302 g/mol. The summed E-state index contributed by atoms with van der Waals surface area (Å²) in [5.41, 5.74) is 2.30. The van der Waals surface area contributed by atoms with E-state index in [0.29, 0.717) is 6.54 Å². The molecule has 1 N–H and O–H groups in total. The Morgan fingerprint density at radius 2 is 1.92 bits per heavy atom. The molecule has 1 amide bonds. The van der Waals surface area contributed by atoms with E-state index in [2.05, 4.69) is 17.4 Å². The maximum atomic E-state index is 12.0. The first-order chi connectivity index (χ1) is 11.8. The molecule has 1 atom stereocenters. The van der Waals surface area contributed by atoms with Crippen LogP contribution in [0.4, 0.5) is 0 Å². The molecule has 2 aromatic rings. The van der Waals surface area contributed by atoms with Gasteiger partial charge in [0.2, 0.25) is 0 Å². The molecule has 126 valence electrons. The molecule has 1 saturated heterocycles. The number of ether oxygens (including phenoxy) is 2. The largest absolute Gasteiger partial charge is 0.483 e. The fraction of sp³-hybridized carbons (Fsp3) is 0.350. The second-order valence-corrected chi connectivity index (χ2v) is 6.00. The van der Waals surface area contributed by atoms with Crippen molar-refractivity contribution in [2.24, 2.45) is 0 Å². The average Bonchev–Trinajstić information content (AvgIpc) is 3.14. The predicted octanol–water partition coefficient (Wildman–Crippen LogP) is 2.95. The second-order valence-electron chi connectivity index (χ2n) is 6.00. The molecular formula is C20H23NO3. The van der Waals surface area contributed by atoms with Gasteiger partial charge in [-0.25, -0.2) is 0 Å². The third-order valence-electron chi connectivity index (χ3n) is 4.12. The van der Waals surface area contributed by atoms with Gasteiger partial charge in [-0.05, 0) is 30.0 Å². The van der Waals surface area contributed by atoms with Crippen LogP contribution in [0.15, 0.2) is 54.6 Å². The minimum atomic E-state index is -0.111. The van der Waals surface area contributed by atoms with Crippen molar-refractivity contribution in [3.05, 3.63) is 65.7 Å². The van der Waals surface area contributed by atoms with Crippen molar-refractivity contribution in [3.63, 3.8) is 0 Å². The van der Waals surface area contributed by atoms with Gasteiger partial charge in [-0.15, -0.1) is 0 Å². The predicted molar refractivity (Wildman–Crippen MR) is 93.2 cm³/mol. The van der Waals surface area contributed by atoms with Crippen molar-refractivity contribution in [2.45, 2.75) is 25.4 Å². The van der Waals surface area contributed by atoms with Crippen LogP contribution in [0.2, 0.25) is 0 Å². The molecule has 0 aromatic heterocycles. The first-order valence-electron chi connectivity index (χ1n) is 8.44. The number of hydrogen-bond acceptors (Lipinski definition) is 3. The molecule has 24 heavy (non-hydrogen) atoms. The molecule has 0 bridgehead atoms. The lowest BCUT2D eigenvalue weighted by atomic mass is 10.0. The van der Waals surface area contributed by atoms with Crippen molar-refractivity contribution < 1.29 is 14.3 Å².